The molecule has 17 heavy (non-hydrogen) atoms. The Balaban J connectivity index is 3.09. The minimum atomic E-state index is -0.153. The molecule has 4 heteroatoms. The Labute approximate surface area is 102 Å². The smallest absolute Gasteiger partial charge is 0.227 e. The monoisotopic (exact) mass is 237 g/mol. The van der Waals surface area contributed by atoms with E-state index < -0.39 is 0 Å². The Morgan fingerprint density at radius 2 is 1.94 bits per heavy atom. The van der Waals surface area contributed by atoms with Gasteiger partial charge in [0.15, 0.2) is 11.5 Å². The largest absolute Gasteiger partial charge is 0.493 e. The van der Waals surface area contributed by atoms with Gasteiger partial charge >= 0.3 is 0 Å². The molecule has 0 aliphatic carbocycles. The molecule has 1 amide bonds. The lowest BCUT2D eigenvalue weighted by Crippen LogP contribution is -2.25. The van der Waals surface area contributed by atoms with Gasteiger partial charge in [0, 0.05) is 7.05 Å². The van der Waals surface area contributed by atoms with Crippen LogP contribution >= 0.6 is 0 Å². The normalized spacial score (nSPS) is 11.8. The van der Waals surface area contributed by atoms with Crippen LogP contribution in [0.4, 0.5) is 0 Å². The molecule has 0 bridgehead atoms. The first-order valence-corrected chi connectivity index (χ1v) is 5.61. The lowest BCUT2D eigenvalue weighted by Gasteiger charge is -2.16. The summed E-state index contributed by atoms with van der Waals surface area (Å²) >= 11 is 0. The van der Waals surface area contributed by atoms with E-state index in [1.165, 1.54) is 0 Å². The van der Waals surface area contributed by atoms with Crippen molar-refractivity contribution in [3.05, 3.63) is 23.8 Å². The summed E-state index contributed by atoms with van der Waals surface area (Å²) in [5.41, 5.74) is 0.935. The molecule has 1 unspecified atom stereocenters. The Bertz CT molecular complexity index is 390. The van der Waals surface area contributed by atoms with Crippen molar-refractivity contribution in [1.29, 1.82) is 0 Å². The van der Waals surface area contributed by atoms with Crippen molar-refractivity contribution < 1.29 is 14.3 Å². The van der Waals surface area contributed by atoms with E-state index in [0.717, 1.165) is 12.0 Å². The van der Waals surface area contributed by atoms with Crippen LogP contribution < -0.4 is 14.8 Å². The maximum absolute atomic E-state index is 11.7. The Hall–Kier alpha value is -1.71. The molecule has 0 radical (unpaired) electrons. The zero-order valence-corrected chi connectivity index (χ0v) is 10.7. The average Bonchev–Trinajstić information content (AvgIpc) is 2.38. The van der Waals surface area contributed by atoms with Crippen molar-refractivity contribution in [2.45, 2.75) is 19.3 Å². The highest BCUT2D eigenvalue weighted by Gasteiger charge is 2.18. The van der Waals surface area contributed by atoms with Crippen LogP contribution in [-0.4, -0.2) is 27.2 Å². The second kappa shape index (κ2) is 6.13. The highest BCUT2D eigenvalue weighted by atomic mass is 16.5. The van der Waals surface area contributed by atoms with Gasteiger partial charge in [0.25, 0.3) is 0 Å². The van der Waals surface area contributed by atoms with Crippen LogP contribution in [0.1, 0.15) is 24.8 Å². The Kier molecular flexibility index (Phi) is 4.82. The molecule has 4 nitrogen and oxygen atoms in total. The van der Waals surface area contributed by atoms with Crippen molar-refractivity contribution in [1.82, 2.24) is 5.32 Å². The maximum atomic E-state index is 11.7. The van der Waals surface area contributed by atoms with Gasteiger partial charge in [-0.15, -0.1) is 0 Å². The van der Waals surface area contributed by atoms with Gasteiger partial charge in [-0.25, -0.2) is 0 Å². The number of rotatable bonds is 5. The summed E-state index contributed by atoms with van der Waals surface area (Å²) in [5.74, 6) is 1.18. The second-order valence-electron chi connectivity index (χ2n) is 3.69. The second-order valence-corrected chi connectivity index (χ2v) is 3.69. The van der Waals surface area contributed by atoms with Crippen LogP contribution in [0.5, 0.6) is 11.5 Å². The number of carbonyl (C=O) groups excluding carboxylic acids is 1. The molecule has 1 N–H and O–H groups in total. The third kappa shape index (κ3) is 2.90. The van der Waals surface area contributed by atoms with Gasteiger partial charge in [0.2, 0.25) is 5.91 Å². The molecular weight excluding hydrogens is 218 g/mol. The molecule has 0 aliphatic heterocycles. The SMILES string of the molecule is CCC(C(=O)NC)c1ccc(OC)c(OC)c1. The molecule has 94 valence electrons. The Morgan fingerprint density at radius 1 is 1.29 bits per heavy atom. The molecule has 0 saturated carbocycles. The zero-order chi connectivity index (χ0) is 12.8. The van der Waals surface area contributed by atoms with Gasteiger partial charge in [-0.3, -0.25) is 4.79 Å². The highest BCUT2D eigenvalue weighted by Crippen LogP contribution is 2.31. The number of methoxy groups -OCH3 is 2. The van der Waals surface area contributed by atoms with Crippen LogP contribution in [0.25, 0.3) is 0 Å². The van der Waals surface area contributed by atoms with E-state index in [-0.39, 0.29) is 11.8 Å². The number of hydrogen-bond acceptors (Lipinski definition) is 3. The van der Waals surface area contributed by atoms with Crippen molar-refractivity contribution >= 4 is 5.91 Å². The lowest BCUT2D eigenvalue weighted by atomic mass is 9.95. The van der Waals surface area contributed by atoms with Crippen molar-refractivity contribution in [2.75, 3.05) is 21.3 Å². The summed E-state index contributed by atoms with van der Waals surface area (Å²) < 4.78 is 10.4. The van der Waals surface area contributed by atoms with Gasteiger partial charge in [0.05, 0.1) is 20.1 Å². The van der Waals surface area contributed by atoms with Crippen molar-refractivity contribution in [3.63, 3.8) is 0 Å². The number of carbonyl (C=O) groups is 1. The van der Waals surface area contributed by atoms with E-state index in [2.05, 4.69) is 5.32 Å². The van der Waals surface area contributed by atoms with Gasteiger partial charge in [-0.1, -0.05) is 13.0 Å². The summed E-state index contributed by atoms with van der Waals surface area (Å²) in [6, 6.07) is 5.56. The highest BCUT2D eigenvalue weighted by molar-refractivity contribution is 5.83. The molecule has 0 heterocycles. The van der Waals surface area contributed by atoms with E-state index in [1.54, 1.807) is 21.3 Å². The summed E-state index contributed by atoms with van der Waals surface area (Å²) in [6.45, 7) is 1.98. The summed E-state index contributed by atoms with van der Waals surface area (Å²) in [5, 5.41) is 2.67. The van der Waals surface area contributed by atoms with Crippen LogP contribution in [0.15, 0.2) is 18.2 Å². The van der Waals surface area contributed by atoms with E-state index in [0.29, 0.717) is 11.5 Å². The molecule has 0 saturated heterocycles. The first-order chi connectivity index (χ1) is 8.17. The molecule has 1 atom stereocenters. The zero-order valence-electron chi connectivity index (χ0n) is 10.7. The molecule has 0 aliphatic rings. The van der Waals surface area contributed by atoms with E-state index in [1.807, 2.05) is 25.1 Å². The number of nitrogens with one attached hydrogen (secondary N) is 1. The Morgan fingerprint density at radius 3 is 2.41 bits per heavy atom. The first kappa shape index (κ1) is 13.4. The molecule has 1 aromatic carbocycles. The van der Waals surface area contributed by atoms with Crippen LogP contribution in [0, 0.1) is 0 Å². The predicted molar refractivity (Wildman–Crippen MR) is 66.6 cm³/mol. The van der Waals surface area contributed by atoms with Gasteiger partial charge in [0.1, 0.15) is 0 Å². The average molecular weight is 237 g/mol. The maximum Gasteiger partial charge on any atom is 0.227 e. The molecule has 0 spiro atoms. The molecule has 0 aromatic heterocycles. The van der Waals surface area contributed by atoms with Gasteiger partial charge in [-0.2, -0.15) is 0 Å². The fourth-order valence-corrected chi connectivity index (χ4v) is 1.82. The third-order valence-electron chi connectivity index (χ3n) is 2.78. The van der Waals surface area contributed by atoms with Gasteiger partial charge < -0.3 is 14.8 Å². The first-order valence-electron chi connectivity index (χ1n) is 5.61. The lowest BCUT2D eigenvalue weighted by molar-refractivity contribution is -0.122. The topological polar surface area (TPSA) is 47.6 Å². The minimum absolute atomic E-state index is 0.0136. The third-order valence-corrected chi connectivity index (χ3v) is 2.78. The van der Waals surface area contributed by atoms with Crippen molar-refractivity contribution in [2.24, 2.45) is 0 Å². The van der Waals surface area contributed by atoms with E-state index >= 15 is 0 Å². The standard InChI is InChI=1S/C13H19NO3/c1-5-10(13(15)14-2)9-6-7-11(16-3)12(8-9)17-4/h6-8,10H,5H2,1-4H3,(H,14,15). The number of hydrogen-bond donors (Lipinski definition) is 1. The minimum Gasteiger partial charge on any atom is -0.493 e. The summed E-state index contributed by atoms with van der Waals surface area (Å²) in [6.07, 6.45) is 0.745. The number of ether oxygens (including phenoxy) is 2. The fourth-order valence-electron chi connectivity index (χ4n) is 1.82. The predicted octanol–water partition coefficient (Wildman–Crippen LogP) is 1.94. The van der Waals surface area contributed by atoms with Gasteiger partial charge in [-0.05, 0) is 24.1 Å². The number of amides is 1. The van der Waals surface area contributed by atoms with Crippen LogP contribution in [-0.2, 0) is 4.79 Å². The number of benzene rings is 1. The summed E-state index contributed by atoms with van der Waals surface area (Å²) in [7, 11) is 4.82. The van der Waals surface area contributed by atoms with E-state index in [9.17, 15) is 4.79 Å². The number of likely N-dealkylation sites (N-methyl/N-ethyl adjacent to an activating group) is 1. The molecule has 1 aromatic rings. The van der Waals surface area contributed by atoms with Crippen LogP contribution in [0.3, 0.4) is 0 Å². The van der Waals surface area contributed by atoms with Crippen molar-refractivity contribution in [3.8, 4) is 11.5 Å². The molecule has 1 rings (SSSR count). The quantitative estimate of drug-likeness (QED) is 0.851. The molecule has 0 fully saturated rings. The summed E-state index contributed by atoms with van der Waals surface area (Å²) in [4.78, 5) is 11.7. The fraction of sp³-hybridized carbons (Fsp3) is 0.462. The molecular formula is C13H19NO3. The van der Waals surface area contributed by atoms with Crippen LogP contribution in [0.2, 0.25) is 0 Å². The van der Waals surface area contributed by atoms with E-state index in [4.69, 9.17) is 9.47 Å².